The Kier molecular flexibility index (Phi) is 6.11. The number of oxazole rings is 1. The number of phenolic OH excluding ortho intramolecular Hbond substituents is 1. The van der Waals surface area contributed by atoms with E-state index in [1.54, 1.807) is 24.3 Å². The zero-order valence-corrected chi connectivity index (χ0v) is 19.1. The molecule has 3 aromatic carbocycles. The Morgan fingerprint density at radius 2 is 1.74 bits per heavy atom. The number of nitrogens with one attached hydrogen (secondary N) is 2. The van der Waals surface area contributed by atoms with Crippen LogP contribution in [0.2, 0.25) is 0 Å². The van der Waals surface area contributed by atoms with Crippen LogP contribution in [0.1, 0.15) is 5.76 Å². The fourth-order valence-electron chi connectivity index (χ4n) is 3.45. The van der Waals surface area contributed by atoms with Gasteiger partial charge in [0.15, 0.2) is 10.7 Å². The highest BCUT2D eigenvalue weighted by atomic mass is 32.1. The molecule has 0 bridgehead atoms. The molecule has 0 saturated carbocycles. The maximum atomic E-state index is 12.2. The molecule has 0 spiro atoms. The Morgan fingerprint density at radius 3 is 2.54 bits per heavy atom. The van der Waals surface area contributed by atoms with Crippen molar-refractivity contribution in [1.82, 2.24) is 10.3 Å². The lowest BCUT2D eigenvalue weighted by atomic mass is 10.2. The molecule has 0 radical (unpaired) electrons. The summed E-state index contributed by atoms with van der Waals surface area (Å²) in [5, 5.41) is 16.0. The molecule has 0 unspecified atom stereocenters. The Labute approximate surface area is 205 Å². The third kappa shape index (κ3) is 5.13. The number of amides is 1. The third-order valence-electron chi connectivity index (χ3n) is 5.10. The molecule has 0 aliphatic carbocycles. The molecule has 172 valence electrons. The van der Waals surface area contributed by atoms with Crippen LogP contribution in [0.3, 0.4) is 0 Å². The van der Waals surface area contributed by atoms with Gasteiger partial charge in [0.1, 0.15) is 22.8 Å². The fourth-order valence-corrected chi connectivity index (χ4v) is 3.67. The van der Waals surface area contributed by atoms with Gasteiger partial charge in [0.05, 0.1) is 5.56 Å². The van der Waals surface area contributed by atoms with Gasteiger partial charge in [0.2, 0.25) is 11.8 Å². The number of hydrogen-bond acceptors (Lipinski definition) is 6. The van der Waals surface area contributed by atoms with Gasteiger partial charge < -0.3 is 19.3 Å². The molecular formula is C27H19N3O4S. The standard InChI is InChI=1S/C27H19N3O4S/c31-22-16-18(10-13-20(22)26-29-21-8-4-5-9-24(21)34-26)28-27(35)30-25(32)15-12-19-11-14-23(33-19)17-6-2-1-3-7-17/h1-16,31H,(H2,28,30,32,35)/b15-12+. The van der Waals surface area contributed by atoms with Crippen LogP contribution in [0, 0.1) is 0 Å². The van der Waals surface area contributed by atoms with Crippen LogP contribution in [-0.2, 0) is 4.79 Å². The SMILES string of the molecule is O=C(/C=C/c1ccc(-c2ccccc2)o1)NC(=S)Nc1ccc(-c2nc3ccccc3o2)c(O)c1. The van der Waals surface area contributed by atoms with Crippen molar-refractivity contribution >= 4 is 46.1 Å². The van der Waals surface area contributed by atoms with Crippen LogP contribution in [0.4, 0.5) is 5.69 Å². The number of carbonyl (C=O) groups excluding carboxylic acids is 1. The van der Waals surface area contributed by atoms with E-state index in [1.807, 2.05) is 60.7 Å². The van der Waals surface area contributed by atoms with E-state index in [9.17, 15) is 9.90 Å². The topological polar surface area (TPSA) is 101 Å². The first-order chi connectivity index (χ1) is 17.0. The summed E-state index contributed by atoms with van der Waals surface area (Å²) in [5.41, 5.74) is 3.22. The highest BCUT2D eigenvalue weighted by molar-refractivity contribution is 7.80. The molecule has 2 heterocycles. The highest BCUT2D eigenvalue weighted by Crippen LogP contribution is 2.33. The molecule has 1 amide bonds. The van der Waals surface area contributed by atoms with Crippen LogP contribution in [0.25, 0.3) is 40.0 Å². The Bertz CT molecular complexity index is 1520. The van der Waals surface area contributed by atoms with E-state index >= 15 is 0 Å². The van der Waals surface area contributed by atoms with Crippen LogP contribution in [-0.4, -0.2) is 21.1 Å². The van der Waals surface area contributed by atoms with Crippen LogP contribution >= 0.6 is 12.2 Å². The van der Waals surface area contributed by atoms with Crippen molar-refractivity contribution in [3.63, 3.8) is 0 Å². The van der Waals surface area contributed by atoms with E-state index in [0.29, 0.717) is 39.8 Å². The normalized spacial score (nSPS) is 11.1. The smallest absolute Gasteiger partial charge is 0.250 e. The lowest BCUT2D eigenvalue weighted by Crippen LogP contribution is -2.32. The lowest BCUT2D eigenvalue weighted by Gasteiger charge is -2.09. The first kappa shape index (κ1) is 22.1. The number of carbonyl (C=O) groups is 1. The molecule has 2 aromatic heterocycles. The number of para-hydroxylation sites is 2. The number of aromatic nitrogens is 1. The number of aromatic hydroxyl groups is 1. The summed E-state index contributed by atoms with van der Waals surface area (Å²) in [5.74, 6) is 1.10. The van der Waals surface area contributed by atoms with Crippen molar-refractivity contribution < 1.29 is 18.7 Å². The Morgan fingerprint density at radius 1 is 0.943 bits per heavy atom. The molecule has 0 fully saturated rings. The molecule has 5 rings (SSSR count). The summed E-state index contributed by atoms with van der Waals surface area (Å²) in [6, 6.07) is 25.5. The van der Waals surface area contributed by atoms with E-state index in [2.05, 4.69) is 15.6 Å². The van der Waals surface area contributed by atoms with Crippen molar-refractivity contribution in [2.75, 3.05) is 5.32 Å². The first-order valence-electron chi connectivity index (χ1n) is 10.7. The van der Waals surface area contributed by atoms with Crippen molar-refractivity contribution in [2.24, 2.45) is 0 Å². The molecule has 0 atom stereocenters. The number of furan rings is 1. The minimum absolute atomic E-state index is 0.0392. The third-order valence-corrected chi connectivity index (χ3v) is 5.30. The van der Waals surface area contributed by atoms with Crippen LogP contribution in [0.15, 0.2) is 99.8 Å². The average Bonchev–Trinajstić information content (AvgIpc) is 3.50. The number of fused-ring (bicyclic) bond motifs is 1. The summed E-state index contributed by atoms with van der Waals surface area (Å²) in [6.07, 6.45) is 2.89. The van der Waals surface area contributed by atoms with E-state index in [1.165, 1.54) is 12.1 Å². The van der Waals surface area contributed by atoms with Gasteiger partial charge in [0.25, 0.3) is 0 Å². The Balaban J connectivity index is 1.19. The van der Waals surface area contributed by atoms with Crippen molar-refractivity contribution in [3.8, 4) is 28.5 Å². The summed E-state index contributed by atoms with van der Waals surface area (Å²) in [6.45, 7) is 0. The number of phenols is 1. The van der Waals surface area contributed by atoms with Gasteiger partial charge >= 0.3 is 0 Å². The largest absolute Gasteiger partial charge is 0.507 e. The molecule has 8 heteroatoms. The zero-order valence-electron chi connectivity index (χ0n) is 18.3. The quantitative estimate of drug-likeness (QED) is 0.209. The molecule has 0 aliphatic heterocycles. The van der Waals surface area contributed by atoms with E-state index < -0.39 is 5.91 Å². The highest BCUT2D eigenvalue weighted by Gasteiger charge is 2.13. The predicted molar refractivity (Wildman–Crippen MR) is 139 cm³/mol. The summed E-state index contributed by atoms with van der Waals surface area (Å²) in [7, 11) is 0. The first-order valence-corrected chi connectivity index (χ1v) is 11.1. The minimum Gasteiger partial charge on any atom is -0.507 e. The summed E-state index contributed by atoms with van der Waals surface area (Å²) in [4.78, 5) is 16.6. The van der Waals surface area contributed by atoms with E-state index in [0.717, 1.165) is 5.56 Å². The molecule has 7 nitrogen and oxygen atoms in total. The van der Waals surface area contributed by atoms with Crippen molar-refractivity contribution in [3.05, 3.63) is 96.8 Å². The molecule has 0 aliphatic rings. The lowest BCUT2D eigenvalue weighted by molar-refractivity contribution is -0.115. The molecule has 35 heavy (non-hydrogen) atoms. The van der Waals surface area contributed by atoms with E-state index in [-0.39, 0.29) is 10.9 Å². The summed E-state index contributed by atoms with van der Waals surface area (Å²) >= 11 is 5.21. The van der Waals surface area contributed by atoms with Crippen molar-refractivity contribution in [1.29, 1.82) is 0 Å². The second-order valence-corrected chi connectivity index (χ2v) is 7.97. The van der Waals surface area contributed by atoms with Gasteiger partial charge in [-0.2, -0.15) is 0 Å². The predicted octanol–water partition coefficient (Wildman–Crippen LogP) is 5.99. The molecule has 5 aromatic rings. The van der Waals surface area contributed by atoms with Crippen LogP contribution in [0.5, 0.6) is 5.75 Å². The number of nitrogens with zero attached hydrogens (tertiary/aromatic N) is 1. The van der Waals surface area contributed by atoms with Gasteiger partial charge in [-0.15, -0.1) is 0 Å². The molecule has 3 N–H and O–H groups in total. The second-order valence-electron chi connectivity index (χ2n) is 7.56. The minimum atomic E-state index is -0.424. The number of anilines is 1. The fraction of sp³-hybridized carbons (Fsp3) is 0. The maximum absolute atomic E-state index is 12.2. The number of hydrogen-bond donors (Lipinski definition) is 3. The zero-order chi connectivity index (χ0) is 24.2. The van der Waals surface area contributed by atoms with Gasteiger partial charge in [-0.3, -0.25) is 10.1 Å². The second kappa shape index (κ2) is 9.66. The summed E-state index contributed by atoms with van der Waals surface area (Å²) < 4.78 is 11.5. The van der Waals surface area contributed by atoms with Gasteiger partial charge in [-0.25, -0.2) is 4.98 Å². The van der Waals surface area contributed by atoms with Crippen molar-refractivity contribution in [2.45, 2.75) is 0 Å². The van der Waals surface area contributed by atoms with Crippen LogP contribution < -0.4 is 10.6 Å². The average molecular weight is 482 g/mol. The number of rotatable bonds is 5. The van der Waals surface area contributed by atoms with Gasteiger partial charge in [-0.1, -0.05) is 42.5 Å². The number of benzene rings is 3. The van der Waals surface area contributed by atoms with Gasteiger partial charge in [0, 0.05) is 23.4 Å². The monoisotopic (exact) mass is 481 g/mol. The maximum Gasteiger partial charge on any atom is 0.250 e. The van der Waals surface area contributed by atoms with Gasteiger partial charge in [-0.05, 0) is 54.7 Å². The molecular weight excluding hydrogens is 462 g/mol. The number of thiocarbonyl (C=S) groups is 1. The Hall–Kier alpha value is -4.69. The molecule has 0 saturated heterocycles. The van der Waals surface area contributed by atoms with E-state index in [4.69, 9.17) is 21.1 Å².